The molecule has 1 N–H and O–H groups in total. The van der Waals surface area contributed by atoms with Crippen LogP contribution in [-0.4, -0.2) is 20.5 Å². The molecule has 4 rings (SSSR count). The van der Waals surface area contributed by atoms with Gasteiger partial charge in [0.2, 0.25) is 5.91 Å². The lowest BCUT2D eigenvalue weighted by Crippen LogP contribution is -2.26. The molecule has 0 aliphatic heterocycles. The maximum Gasteiger partial charge on any atom is 0.220 e. The van der Waals surface area contributed by atoms with E-state index in [0.717, 1.165) is 33.9 Å². The van der Waals surface area contributed by atoms with Crippen LogP contribution in [0.15, 0.2) is 53.9 Å². The van der Waals surface area contributed by atoms with Gasteiger partial charge < -0.3 is 5.32 Å². The van der Waals surface area contributed by atoms with E-state index in [-0.39, 0.29) is 11.9 Å². The van der Waals surface area contributed by atoms with E-state index in [1.165, 1.54) is 4.88 Å². The SMILES string of the molecule is Cc1nc2cc(-c3ccccc3)nn2c(C)c1CCC(=O)N[C@H](C)c1cccs1. The molecule has 0 saturated heterocycles. The van der Waals surface area contributed by atoms with Crippen LogP contribution in [0.4, 0.5) is 0 Å². The molecule has 4 aromatic rings. The van der Waals surface area contributed by atoms with Crippen molar-refractivity contribution >= 4 is 22.9 Å². The summed E-state index contributed by atoms with van der Waals surface area (Å²) in [6.07, 6.45) is 1.07. The minimum atomic E-state index is 0.0323. The zero-order valence-electron chi connectivity index (χ0n) is 16.8. The summed E-state index contributed by atoms with van der Waals surface area (Å²) in [6, 6.07) is 16.2. The fourth-order valence-electron chi connectivity index (χ4n) is 3.60. The average Bonchev–Trinajstić information content (AvgIpc) is 3.38. The van der Waals surface area contributed by atoms with E-state index >= 15 is 0 Å². The van der Waals surface area contributed by atoms with Gasteiger partial charge in [0, 0.05) is 34.3 Å². The lowest BCUT2D eigenvalue weighted by atomic mass is 10.1. The fourth-order valence-corrected chi connectivity index (χ4v) is 4.33. The van der Waals surface area contributed by atoms with Crippen molar-refractivity contribution in [1.29, 1.82) is 0 Å². The lowest BCUT2D eigenvalue weighted by molar-refractivity contribution is -0.121. The minimum absolute atomic E-state index is 0.0323. The van der Waals surface area contributed by atoms with E-state index in [4.69, 9.17) is 10.1 Å². The summed E-state index contributed by atoms with van der Waals surface area (Å²) >= 11 is 1.66. The predicted molar refractivity (Wildman–Crippen MR) is 117 cm³/mol. The first kappa shape index (κ1) is 19.3. The van der Waals surface area contributed by atoms with E-state index in [0.29, 0.717) is 12.8 Å². The third-order valence-electron chi connectivity index (χ3n) is 5.18. The summed E-state index contributed by atoms with van der Waals surface area (Å²) < 4.78 is 1.89. The van der Waals surface area contributed by atoms with Crippen molar-refractivity contribution in [3.05, 3.63) is 75.7 Å². The van der Waals surface area contributed by atoms with Crippen LogP contribution in [0, 0.1) is 13.8 Å². The van der Waals surface area contributed by atoms with Crippen LogP contribution in [0.2, 0.25) is 0 Å². The number of fused-ring (bicyclic) bond motifs is 1. The number of amides is 1. The largest absolute Gasteiger partial charge is 0.349 e. The first-order valence-corrected chi connectivity index (χ1v) is 10.6. The Labute approximate surface area is 174 Å². The Morgan fingerprint density at radius 3 is 2.69 bits per heavy atom. The number of carbonyl (C=O) groups excluding carboxylic acids is 1. The predicted octanol–water partition coefficient (Wildman–Crippen LogP) is 4.88. The molecule has 0 aliphatic rings. The number of nitrogens with one attached hydrogen (secondary N) is 1. The minimum Gasteiger partial charge on any atom is -0.349 e. The Morgan fingerprint density at radius 2 is 1.97 bits per heavy atom. The highest BCUT2D eigenvalue weighted by atomic mass is 32.1. The van der Waals surface area contributed by atoms with Crippen molar-refractivity contribution in [2.45, 2.75) is 39.7 Å². The molecule has 3 heterocycles. The monoisotopic (exact) mass is 404 g/mol. The molecule has 0 aliphatic carbocycles. The summed E-state index contributed by atoms with van der Waals surface area (Å²) in [7, 11) is 0. The maximum absolute atomic E-state index is 12.4. The topological polar surface area (TPSA) is 59.3 Å². The highest BCUT2D eigenvalue weighted by molar-refractivity contribution is 7.10. The first-order valence-electron chi connectivity index (χ1n) is 9.77. The van der Waals surface area contributed by atoms with Gasteiger partial charge in [0.15, 0.2) is 5.65 Å². The summed E-state index contributed by atoms with van der Waals surface area (Å²) in [5, 5.41) is 9.86. The Morgan fingerprint density at radius 1 is 1.17 bits per heavy atom. The average molecular weight is 405 g/mol. The van der Waals surface area contributed by atoms with Crippen LogP contribution >= 0.6 is 11.3 Å². The van der Waals surface area contributed by atoms with Crippen molar-refractivity contribution in [3.63, 3.8) is 0 Å². The van der Waals surface area contributed by atoms with Crippen molar-refractivity contribution in [1.82, 2.24) is 19.9 Å². The molecule has 1 amide bonds. The van der Waals surface area contributed by atoms with Crippen molar-refractivity contribution in [2.75, 3.05) is 0 Å². The molecular formula is C23H24N4OS. The first-order chi connectivity index (χ1) is 14.0. The van der Waals surface area contributed by atoms with Crippen molar-refractivity contribution in [3.8, 4) is 11.3 Å². The fraction of sp³-hybridized carbons (Fsp3) is 0.261. The zero-order valence-corrected chi connectivity index (χ0v) is 17.7. The normalized spacial score (nSPS) is 12.2. The van der Waals surface area contributed by atoms with Gasteiger partial charge in [0.05, 0.1) is 11.7 Å². The Kier molecular flexibility index (Phi) is 5.45. The number of benzene rings is 1. The lowest BCUT2D eigenvalue weighted by Gasteiger charge is -2.14. The number of carbonyl (C=O) groups is 1. The van der Waals surface area contributed by atoms with Crippen LogP contribution in [0.1, 0.15) is 41.2 Å². The van der Waals surface area contributed by atoms with Gasteiger partial charge in [-0.3, -0.25) is 4.79 Å². The van der Waals surface area contributed by atoms with E-state index < -0.39 is 0 Å². The third kappa shape index (κ3) is 4.07. The Hall–Kier alpha value is -2.99. The van der Waals surface area contributed by atoms with Gasteiger partial charge in [-0.25, -0.2) is 9.50 Å². The van der Waals surface area contributed by atoms with Gasteiger partial charge in [-0.1, -0.05) is 36.4 Å². The number of aromatic nitrogens is 3. The van der Waals surface area contributed by atoms with Crippen LogP contribution in [0.3, 0.4) is 0 Å². The van der Waals surface area contributed by atoms with Crippen LogP contribution in [-0.2, 0) is 11.2 Å². The highest BCUT2D eigenvalue weighted by Gasteiger charge is 2.15. The molecule has 0 unspecified atom stereocenters. The number of aryl methyl sites for hydroxylation is 2. The second kappa shape index (κ2) is 8.17. The van der Waals surface area contributed by atoms with Gasteiger partial charge in [-0.2, -0.15) is 5.10 Å². The second-order valence-corrected chi connectivity index (χ2v) is 8.21. The van der Waals surface area contributed by atoms with Gasteiger partial charge in [0.1, 0.15) is 0 Å². The standard InChI is InChI=1S/C23H24N4OS/c1-15-19(11-12-23(28)25-16(2)21-10-7-13-29-21)17(3)27-22(24-15)14-20(26-27)18-8-5-4-6-9-18/h4-10,13-14,16H,11-12H2,1-3H3,(H,25,28)/t16-/m1/s1. The molecule has 1 aromatic carbocycles. The van der Waals surface area contributed by atoms with Crippen LogP contribution in [0.25, 0.3) is 16.9 Å². The summed E-state index contributed by atoms with van der Waals surface area (Å²) in [4.78, 5) is 18.3. The molecule has 0 bridgehead atoms. The molecule has 1 atom stereocenters. The quantitative estimate of drug-likeness (QED) is 0.498. The van der Waals surface area contributed by atoms with E-state index in [1.807, 2.05) is 79.2 Å². The number of rotatable bonds is 6. The molecule has 6 heteroatoms. The van der Waals surface area contributed by atoms with Crippen molar-refractivity contribution in [2.24, 2.45) is 0 Å². The number of thiophene rings is 1. The van der Waals surface area contributed by atoms with E-state index in [1.54, 1.807) is 11.3 Å². The molecular weight excluding hydrogens is 380 g/mol. The third-order valence-corrected chi connectivity index (χ3v) is 6.24. The highest BCUT2D eigenvalue weighted by Crippen LogP contribution is 2.23. The molecule has 3 aromatic heterocycles. The van der Waals surface area contributed by atoms with Gasteiger partial charge in [0.25, 0.3) is 0 Å². The number of hydrogen-bond acceptors (Lipinski definition) is 4. The molecule has 0 radical (unpaired) electrons. The molecule has 0 spiro atoms. The van der Waals surface area contributed by atoms with E-state index in [9.17, 15) is 4.79 Å². The zero-order chi connectivity index (χ0) is 20.4. The van der Waals surface area contributed by atoms with Gasteiger partial charge in [-0.15, -0.1) is 11.3 Å². The molecule has 29 heavy (non-hydrogen) atoms. The second-order valence-electron chi connectivity index (χ2n) is 7.23. The Balaban J connectivity index is 1.52. The van der Waals surface area contributed by atoms with Crippen LogP contribution in [0.5, 0.6) is 0 Å². The van der Waals surface area contributed by atoms with E-state index in [2.05, 4.69) is 5.32 Å². The van der Waals surface area contributed by atoms with Crippen LogP contribution < -0.4 is 5.32 Å². The molecule has 0 saturated carbocycles. The number of nitrogens with zero attached hydrogens (tertiary/aromatic N) is 3. The van der Waals surface area contributed by atoms with Gasteiger partial charge in [-0.05, 0) is 44.2 Å². The molecule has 0 fully saturated rings. The smallest absolute Gasteiger partial charge is 0.220 e. The summed E-state index contributed by atoms with van der Waals surface area (Å²) in [5.74, 6) is 0.0511. The molecule has 5 nitrogen and oxygen atoms in total. The number of hydrogen-bond donors (Lipinski definition) is 1. The Bertz CT molecular complexity index is 1130. The maximum atomic E-state index is 12.4. The summed E-state index contributed by atoms with van der Waals surface area (Å²) in [6.45, 7) is 6.07. The summed E-state index contributed by atoms with van der Waals surface area (Å²) in [5.41, 5.74) is 5.87. The van der Waals surface area contributed by atoms with Crippen molar-refractivity contribution < 1.29 is 4.79 Å². The van der Waals surface area contributed by atoms with Gasteiger partial charge >= 0.3 is 0 Å². The molecule has 148 valence electrons.